The van der Waals surface area contributed by atoms with Gasteiger partial charge < -0.3 is 35.2 Å². The number of carbonyl (C=O) groups excluding carboxylic acids is 2. The molecular weight excluding hydrogens is 542 g/mol. The first-order chi connectivity index (χ1) is 20.8. The van der Waals surface area contributed by atoms with Crippen LogP contribution in [0, 0.1) is 5.92 Å². The van der Waals surface area contributed by atoms with E-state index in [1.54, 1.807) is 18.2 Å². The molecule has 1 heterocycles. The normalized spacial score (nSPS) is 13.7. The molecule has 5 rings (SSSR count). The maximum absolute atomic E-state index is 13.4. The number of hydrogen-bond acceptors (Lipinski definition) is 7. The van der Waals surface area contributed by atoms with Crippen LogP contribution in [0.4, 0.5) is 11.4 Å². The Morgan fingerprint density at radius 3 is 2.44 bits per heavy atom. The van der Waals surface area contributed by atoms with Gasteiger partial charge in [0, 0.05) is 38.2 Å². The summed E-state index contributed by atoms with van der Waals surface area (Å²) in [4.78, 5) is 32.7. The van der Waals surface area contributed by atoms with Crippen LogP contribution in [-0.2, 0) is 11.3 Å². The molecule has 0 aromatic heterocycles. The van der Waals surface area contributed by atoms with Gasteiger partial charge in [0.25, 0.3) is 5.91 Å². The monoisotopic (exact) mass is 585 g/mol. The second-order valence-electron chi connectivity index (χ2n) is 11.7. The summed E-state index contributed by atoms with van der Waals surface area (Å²) in [5.74, 6) is 1.38. The second-order valence-corrected chi connectivity index (χ2v) is 11.7. The Balaban J connectivity index is 1.40. The number of anilines is 2. The molecule has 0 spiro atoms. The minimum absolute atomic E-state index is 0.156. The van der Waals surface area contributed by atoms with Crippen molar-refractivity contribution >= 4 is 23.2 Å². The average Bonchev–Trinajstić information content (AvgIpc) is 3.75. The Morgan fingerprint density at radius 2 is 1.67 bits per heavy atom. The molecule has 0 saturated heterocycles. The van der Waals surface area contributed by atoms with Crippen LogP contribution < -0.4 is 25.4 Å². The lowest BCUT2D eigenvalue weighted by Gasteiger charge is -2.25. The van der Waals surface area contributed by atoms with Crippen molar-refractivity contribution in [3.8, 4) is 22.6 Å². The molecule has 3 aromatic rings. The Kier molecular flexibility index (Phi) is 9.84. The maximum Gasteiger partial charge on any atom is 0.255 e. The Hall–Kier alpha value is -4.08. The lowest BCUT2D eigenvalue weighted by Crippen LogP contribution is -2.33. The molecule has 9 heteroatoms. The van der Waals surface area contributed by atoms with E-state index in [9.17, 15) is 9.59 Å². The van der Waals surface area contributed by atoms with Crippen molar-refractivity contribution in [2.75, 3.05) is 64.3 Å². The fourth-order valence-electron chi connectivity index (χ4n) is 5.33. The van der Waals surface area contributed by atoms with E-state index in [2.05, 4.69) is 59.5 Å². The van der Waals surface area contributed by atoms with Crippen molar-refractivity contribution in [2.45, 2.75) is 32.2 Å². The van der Waals surface area contributed by atoms with Crippen molar-refractivity contribution in [3.63, 3.8) is 0 Å². The molecule has 43 heavy (non-hydrogen) atoms. The topological polar surface area (TPSA) is 100 Å². The molecule has 1 fully saturated rings. The van der Waals surface area contributed by atoms with Gasteiger partial charge in [-0.25, -0.2) is 0 Å². The zero-order valence-electron chi connectivity index (χ0n) is 25.5. The van der Waals surface area contributed by atoms with Crippen LogP contribution in [-0.4, -0.2) is 75.7 Å². The van der Waals surface area contributed by atoms with E-state index in [0.29, 0.717) is 36.7 Å². The number of fused-ring (bicyclic) bond motifs is 1. The maximum atomic E-state index is 13.4. The van der Waals surface area contributed by atoms with E-state index in [1.807, 2.05) is 24.1 Å². The fourth-order valence-corrected chi connectivity index (χ4v) is 5.33. The molecule has 0 unspecified atom stereocenters. The summed E-state index contributed by atoms with van der Waals surface area (Å²) in [6.45, 7) is 3.76. The number of nitrogens with zero attached hydrogens (tertiary/aromatic N) is 3. The predicted octanol–water partition coefficient (Wildman–Crippen LogP) is 4.81. The summed E-state index contributed by atoms with van der Waals surface area (Å²) in [5, 5.41) is 3.16. The first-order valence-electron chi connectivity index (χ1n) is 15.1. The first-order valence-corrected chi connectivity index (χ1v) is 15.1. The molecule has 0 bridgehead atoms. The Morgan fingerprint density at radius 1 is 0.884 bits per heavy atom. The zero-order valence-corrected chi connectivity index (χ0v) is 25.5. The number of amides is 2. The summed E-state index contributed by atoms with van der Waals surface area (Å²) in [5.41, 5.74) is 11.0. The molecule has 0 radical (unpaired) electrons. The molecule has 3 aromatic carbocycles. The summed E-state index contributed by atoms with van der Waals surface area (Å²) >= 11 is 0. The largest absolute Gasteiger partial charge is 0.454 e. The van der Waals surface area contributed by atoms with Gasteiger partial charge in [-0.05, 0) is 106 Å². The van der Waals surface area contributed by atoms with Crippen LogP contribution in [0.2, 0.25) is 0 Å². The molecule has 228 valence electrons. The highest BCUT2D eigenvalue weighted by Gasteiger charge is 2.33. The van der Waals surface area contributed by atoms with Gasteiger partial charge in [0.1, 0.15) is 0 Å². The third-order valence-electron chi connectivity index (χ3n) is 7.89. The van der Waals surface area contributed by atoms with E-state index in [-0.39, 0.29) is 24.5 Å². The number of nitrogens with two attached hydrogens (primary N) is 1. The van der Waals surface area contributed by atoms with Crippen LogP contribution in [0.5, 0.6) is 11.5 Å². The number of benzene rings is 3. The molecule has 0 atom stereocenters. The Bertz CT molecular complexity index is 1440. The van der Waals surface area contributed by atoms with Crippen LogP contribution in [0.15, 0.2) is 60.7 Å². The van der Waals surface area contributed by atoms with Crippen LogP contribution in [0.25, 0.3) is 11.1 Å². The number of ether oxygens (including phenoxy) is 2. The predicted molar refractivity (Wildman–Crippen MR) is 171 cm³/mol. The molecule has 9 nitrogen and oxygen atoms in total. The van der Waals surface area contributed by atoms with Crippen LogP contribution >= 0.6 is 0 Å². The SMILES string of the molecule is CN(C)CCCN(C)c1ccc(-c2cccc(CN(CCCN)C(=O)C3CC3)c2)cc1NC(=O)c1ccc2c(c1)OCO2. The summed E-state index contributed by atoms with van der Waals surface area (Å²) < 4.78 is 10.9. The lowest BCUT2D eigenvalue weighted by molar-refractivity contribution is -0.133. The van der Waals surface area contributed by atoms with Gasteiger partial charge in [-0.1, -0.05) is 24.3 Å². The van der Waals surface area contributed by atoms with E-state index in [0.717, 1.165) is 66.8 Å². The third-order valence-corrected chi connectivity index (χ3v) is 7.89. The van der Waals surface area contributed by atoms with Crippen LogP contribution in [0.1, 0.15) is 41.6 Å². The number of nitrogens with one attached hydrogen (secondary N) is 1. The molecule has 3 N–H and O–H groups in total. The summed E-state index contributed by atoms with van der Waals surface area (Å²) in [6, 6.07) is 19.7. The van der Waals surface area contributed by atoms with Gasteiger partial charge in [0.2, 0.25) is 12.7 Å². The smallest absolute Gasteiger partial charge is 0.255 e. The van der Waals surface area contributed by atoms with E-state index >= 15 is 0 Å². The Labute approximate surface area is 254 Å². The summed E-state index contributed by atoms with van der Waals surface area (Å²) in [6.07, 6.45) is 3.74. The molecule has 1 aliphatic heterocycles. The fraction of sp³-hybridized carbons (Fsp3) is 0.412. The van der Waals surface area contributed by atoms with Crippen LogP contribution in [0.3, 0.4) is 0 Å². The highest BCUT2D eigenvalue weighted by Crippen LogP contribution is 2.35. The number of hydrogen-bond donors (Lipinski definition) is 2. The highest BCUT2D eigenvalue weighted by atomic mass is 16.7. The standard InChI is InChI=1S/C34H43N5O4/c1-37(2)16-6-17-38(3)30-13-11-27(20-29(30)36-33(40)28-12-14-31-32(21-28)43-23-42-31)26-8-4-7-24(19-26)22-39(18-5-15-35)34(41)25-9-10-25/h4,7-8,11-14,19-21,25H,5-6,9-10,15-18,22-23,35H2,1-3H3,(H,36,40). The van der Waals surface area contributed by atoms with Crippen molar-refractivity contribution < 1.29 is 19.1 Å². The number of rotatable bonds is 14. The van der Waals surface area contributed by atoms with Gasteiger partial charge in [-0.2, -0.15) is 0 Å². The van der Waals surface area contributed by atoms with Crippen molar-refractivity contribution in [2.24, 2.45) is 11.7 Å². The van der Waals surface area contributed by atoms with E-state index in [4.69, 9.17) is 15.2 Å². The second kappa shape index (κ2) is 13.9. The first kappa shape index (κ1) is 30.4. The van der Waals surface area contributed by atoms with Gasteiger partial charge in [0.15, 0.2) is 11.5 Å². The minimum Gasteiger partial charge on any atom is -0.454 e. The molecule has 1 aliphatic carbocycles. The van der Waals surface area contributed by atoms with Crippen molar-refractivity contribution in [1.82, 2.24) is 9.80 Å². The minimum atomic E-state index is -0.221. The third kappa shape index (κ3) is 7.86. The number of carbonyl (C=O) groups is 2. The van der Waals surface area contributed by atoms with Gasteiger partial charge in [0.05, 0.1) is 11.4 Å². The van der Waals surface area contributed by atoms with E-state index < -0.39 is 0 Å². The molecular formula is C34H43N5O4. The average molecular weight is 586 g/mol. The molecule has 1 saturated carbocycles. The lowest BCUT2D eigenvalue weighted by atomic mass is 10.0. The highest BCUT2D eigenvalue weighted by molar-refractivity contribution is 6.06. The molecule has 2 aliphatic rings. The quantitative estimate of drug-likeness (QED) is 0.280. The molecule has 2 amide bonds. The summed E-state index contributed by atoms with van der Waals surface area (Å²) in [7, 11) is 6.19. The van der Waals surface area contributed by atoms with Gasteiger partial charge in [-0.3, -0.25) is 9.59 Å². The van der Waals surface area contributed by atoms with Crippen molar-refractivity contribution in [1.29, 1.82) is 0 Å². The van der Waals surface area contributed by atoms with Gasteiger partial charge in [-0.15, -0.1) is 0 Å². The van der Waals surface area contributed by atoms with E-state index in [1.165, 1.54) is 0 Å². The van der Waals surface area contributed by atoms with Crippen molar-refractivity contribution in [3.05, 3.63) is 71.8 Å². The van der Waals surface area contributed by atoms with Gasteiger partial charge >= 0.3 is 0 Å². The zero-order chi connectivity index (χ0) is 30.3.